The van der Waals surface area contributed by atoms with E-state index in [1.54, 1.807) is 6.07 Å². The second-order valence-electron chi connectivity index (χ2n) is 7.75. The average Bonchev–Trinajstić information content (AvgIpc) is 3.46. The number of nitrogens with one attached hydrogen (secondary N) is 1. The minimum Gasteiger partial charge on any atom is -0.447 e. The molecule has 2 N–H and O–H groups in total. The van der Waals surface area contributed by atoms with Crippen LogP contribution in [0.25, 0.3) is 0 Å². The molecule has 0 aliphatic carbocycles. The number of H-pyrrole nitrogens is 1. The van der Waals surface area contributed by atoms with E-state index in [0.29, 0.717) is 25.2 Å². The van der Waals surface area contributed by atoms with E-state index in [9.17, 15) is 18.7 Å². The number of hydrogen-bond acceptors (Lipinski definition) is 6. The Labute approximate surface area is 188 Å². The second kappa shape index (κ2) is 9.86. The van der Waals surface area contributed by atoms with Gasteiger partial charge in [-0.15, -0.1) is 5.10 Å². The number of nitrogens with zero attached hydrogens (tertiary/aromatic N) is 4. The summed E-state index contributed by atoms with van der Waals surface area (Å²) in [6, 6.07) is 14.4. The van der Waals surface area contributed by atoms with Crippen LogP contribution in [0.3, 0.4) is 0 Å². The first-order valence-corrected chi connectivity index (χ1v) is 10.5. The number of aromatic amines is 1. The lowest BCUT2D eigenvalue weighted by Gasteiger charge is -2.22. The van der Waals surface area contributed by atoms with Gasteiger partial charge in [-0.1, -0.05) is 66.7 Å². The summed E-state index contributed by atoms with van der Waals surface area (Å²) in [7, 11) is 0. The highest BCUT2D eigenvalue weighted by atomic mass is 19.3. The van der Waals surface area contributed by atoms with Gasteiger partial charge in [0.25, 0.3) is 0 Å². The van der Waals surface area contributed by atoms with E-state index in [1.165, 1.54) is 35.2 Å². The molecule has 172 valence electrons. The molecule has 1 aromatic heterocycles. The number of halogens is 2. The first-order valence-electron chi connectivity index (χ1n) is 10.5. The molecule has 0 bridgehead atoms. The highest BCUT2D eigenvalue weighted by Crippen LogP contribution is 2.32. The Morgan fingerprint density at radius 1 is 1.21 bits per heavy atom. The molecule has 2 unspecified atom stereocenters. The minimum atomic E-state index is -3.45. The fraction of sp³-hybridized carbons (Fsp3) is 0.304. The number of ether oxygens (including phenoxy) is 1. The number of rotatable bonds is 9. The van der Waals surface area contributed by atoms with E-state index < -0.39 is 24.2 Å². The predicted octanol–water partition coefficient (Wildman–Crippen LogP) is 2.86. The minimum absolute atomic E-state index is 0.0392. The first-order chi connectivity index (χ1) is 15.9. The summed E-state index contributed by atoms with van der Waals surface area (Å²) < 4.78 is 34.1. The molecule has 8 nitrogen and oxygen atoms in total. The fourth-order valence-electron chi connectivity index (χ4n) is 3.66. The van der Waals surface area contributed by atoms with Crippen molar-refractivity contribution in [3.63, 3.8) is 0 Å². The Hall–Kier alpha value is -3.66. The zero-order valence-electron chi connectivity index (χ0n) is 17.6. The highest BCUT2D eigenvalue weighted by Gasteiger charge is 2.39. The van der Waals surface area contributed by atoms with E-state index in [1.807, 2.05) is 24.3 Å². The Bertz CT molecular complexity index is 1090. The molecule has 4 rings (SSSR count). The fourth-order valence-corrected chi connectivity index (χ4v) is 3.66. The molecule has 33 heavy (non-hydrogen) atoms. The number of hydrogen-bond donors (Lipinski definition) is 2. The standard InChI is InChI=1S/C23H23F2N5O3/c24-23(25,18-7-2-1-3-8-18)20(31)10-9-19-15-33-22(32)30(19)12-11-16-5-4-6-17(13-16)14-21-26-28-29-27-21/h1-10,13,19-20,31H,11-12,14-15H2,(H,26,27,28,29). The first kappa shape index (κ1) is 22.5. The number of cyclic esters (lactones) is 1. The number of alkyl halides is 2. The van der Waals surface area contributed by atoms with Crippen LogP contribution in [0.15, 0.2) is 66.7 Å². The molecule has 1 aliphatic rings. The normalized spacial score (nSPS) is 17.5. The van der Waals surface area contributed by atoms with Gasteiger partial charge in [-0.25, -0.2) is 9.89 Å². The molecule has 1 saturated heterocycles. The van der Waals surface area contributed by atoms with Gasteiger partial charge in [-0.2, -0.15) is 8.78 Å². The molecule has 1 amide bonds. The summed E-state index contributed by atoms with van der Waals surface area (Å²) in [5, 5.41) is 23.8. The summed E-state index contributed by atoms with van der Waals surface area (Å²) in [6.45, 7) is 0.379. The zero-order valence-corrected chi connectivity index (χ0v) is 17.6. The summed E-state index contributed by atoms with van der Waals surface area (Å²) >= 11 is 0. The van der Waals surface area contributed by atoms with E-state index in [4.69, 9.17) is 4.74 Å². The number of aliphatic hydroxyl groups is 1. The third-order valence-electron chi connectivity index (χ3n) is 5.45. The van der Waals surface area contributed by atoms with Gasteiger partial charge in [0.1, 0.15) is 12.7 Å². The molecule has 0 radical (unpaired) electrons. The number of tetrazole rings is 1. The summed E-state index contributed by atoms with van der Waals surface area (Å²) in [5.74, 6) is -2.81. The van der Waals surface area contributed by atoms with Crippen LogP contribution in [0.2, 0.25) is 0 Å². The van der Waals surface area contributed by atoms with E-state index in [0.717, 1.165) is 17.2 Å². The molecule has 2 atom stereocenters. The van der Waals surface area contributed by atoms with E-state index in [-0.39, 0.29) is 12.2 Å². The molecule has 1 fully saturated rings. The summed E-state index contributed by atoms with van der Waals surface area (Å²) in [4.78, 5) is 13.6. The largest absolute Gasteiger partial charge is 0.447 e. The quantitative estimate of drug-likeness (QED) is 0.481. The smallest absolute Gasteiger partial charge is 0.410 e. The van der Waals surface area contributed by atoms with Crippen LogP contribution < -0.4 is 0 Å². The topological polar surface area (TPSA) is 104 Å². The summed E-state index contributed by atoms with van der Waals surface area (Å²) in [6.07, 6.45) is 0.978. The van der Waals surface area contributed by atoms with Gasteiger partial charge in [-0.05, 0) is 28.0 Å². The lowest BCUT2D eigenvalue weighted by molar-refractivity contribution is -0.0929. The Morgan fingerprint density at radius 3 is 2.76 bits per heavy atom. The van der Waals surface area contributed by atoms with Gasteiger partial charge in [0, 0.05) is 18.5 Å². The maximum Gasteiger partial charge on any atom is 0.410 e. The maximum atomic E-state index is 14.5. The SMILES string of the molecule is O=C1OCC(C=CC(O)C(F)(F)c2ccccc2)N1CCc1cccc(Cc2nnn[nH]2)c1. The molecular weight excluding hydrogens is 432 g/mol. The highest BCUT2D eigenvalue weighted by molar-refractivity contribution is 5.70. The van der Waals surface area contributed by atoms with Crippen molar-refractivity contribution in [3.8, 4) is 0 Å². The number of benzene rings is 2. The molecule has 10 heteroatoms. The number of aliphatic hydroxyl groups excluding tert-OH is 1. The molecule has 2 aromatic carbocycles. The molecule has 0 spiro atoms. The van der Waals surface area contributed by atoms with Crippen LogP contribution in [0.1, 0.15) is 22.5 Å². The third kappa shape index (κ3) is 5.40. The zero-order chi connectivity index (χ0) is 23.3. The van der Waals surface area contributed by atoms with Gasteiger partial charge in [0.05, 0.1) is 6.04 Å². The van der Waals surface area contributed by atoms with Crippen LogP contribution in [0.5, 0.6) is 0 Å². The van der Waals surface area contributed by atoms with Gasteiger partial charge >= 0.3 is 12.0 Å². The Balaban J connectivity index is 1.38. The lowest BCUT2D eigenvalue weighted by Crippen LogP contribution is -2.35. The van der Waals surface area contributed by atoms with Crippen molar-refractivity contribution in [1.82, 2.24) is 25.5 Å². The Morgan fingerprint density at radius 2 is 2.00 bits per heavy atom. The number of carbonyl (C=O) groups is 1. The van der Waals surface area contributed by atoms with Crippen molar-refractivity contribution in [2.24, 2.45) is 0 Å². The van der Waals surface area contributed by atoms with Crippen LogP contribution >= 0.6 is 0 Å². The third-order valence-corrected chi connectivity index (χ3v) is 5.45. The van der Waals surface area contributed by atoms with Crippen molar-refractivity contribution in [2.45, 2.75) is 30.9 Å². The van der Waals surface area contributed by atoms with Gasteiger partial charge < -0.3 is 9.84 Å². The molecule has 3 aromatic rings. The van der Waals surface area contributed by atoms with Gasteiger partial charge in [0.15, 0.2) is 5.82 Å². The maximum absolute atomic E-state index is 14.5. The van der Waals surface area contributed by atoms with Crippen molar-refractivity contribution in [2.75, 3.05) is 13.2 Å². The average molecular weight is 455 g/mol. The lowest BCUT2D eigenvalue weighted by atomic mass is 10.0. The monoisotopic (exact) mass is 455 g/mol. The molecule has 1 aliphatic heterocycles. The molecule has 2 heterocycles. The van der Waals surface area contributed by atoms with E-state index in [2.05, 4.69) is 20.6 Å². The predicted molar refractivity (Wildman–Crippen MR) is 114 cm³/mol. The summed E-state index contributed by atoms with van der Waals surface area (Å²) in [5.41, 5.74) is 1.73. The second-order valence-corrected chi connectivity index (χ2v) is 7.75. The van der Waals surface area contributed by atoms with Crippen molar-refractivity contribution in [1.29, 1.82) is 0 Å². The van der Waals surface area contributed by atoms with Gasteiger partial charge in [-0.3, -0.25) is 4.90 Å². The molecule has 0 saturated carbocycles. The van der Waals surface area contributed by atoms with Crippen LogP contribution in [0.4, 0.5) is 13.6 Å². The molecular formula is C23H23F2N5O3. The van der Waals surface area contributed by atoms with E-state index >= 15 is 0 Å². The number of aromatic nitrogens is 4. The van der Waals surface area contributed by atoms with Crippen LogP contribution in [-0.2, 0) is 23.5 Å². The number of amides is 1. The van der Waals surface area contributed by atoms with Crippen molar-refractivity contribution < 1.29 is 23.4 Å². The van der Waals surface area contributed by atoms with Crippen molar-refractivity contribution in [3.05, 3.63) is 89.3 Å². The van der Waals surface area contributed by atoms with Crippen LogP contribution in [-0.4, -0.2) is 62.0 Å². The number of carbonyl (C=O) groups excluding carboxylic acids is 1. The van der Waals surface area contributed by atoms with Crippen LogP contribution in [0, 0.1) is 0 Å². The van der Waals surface area contributed by atoms with Gasteiger partial charge in [0.2, 0.25) is 0 Å². The van der Waals surface area contributed by atoms with Crippen molar-refractivity contribution >= 4 is 6.09 Å². The Kier molecular flexibility index (Phi) is 6.74.